The van der Waals surface area contributed by atoms with E-state index in [2.05, 4.69) is 9.97 Å². The van der Waals surface area contributed by atoms with Gasteiger partial charge in [0.2, 0.25) is 5.95 Å². The lowest BCUT2D eigenvalue weighted by Gasteiger charge is -2.12. The fourth-order valence-corrected chi connectivity index (χ4v) is 1.62. The SMILES string of the molecule is CSc1nc(N(C)C)ncc1CC(=O)O. The Kier molecular flexibility index (Phi) is 3.90. The van der Waals surface area contributed by atoms with Crippen LogP contribution in [0.15, 0.2) is 11.2 Å². The minimum atomic E-state index is -0.869. The van der Waals surface area contributed by atoms with Gasteiger partial charge in [0.25, 0.3) is 0 Å². The quantitative estimate of drug-likeness (QED) is 0.608. The van der Waals surface area contributed by atoms with E-state index in [0.29, 0.717) is 11.5 Å². The summed E-state index contributed by atoms with van der Waals surface area (Å²) in [6.45, 7) is 0. The first-order valence-electron chi connectivity index (χ1n) is 4.33. The summed E-state index contributed by atoms with van der Waals surface area (Å²) in [6, 6.07) is 0. The maximum atomic E-state index is 10.6. The number of thioether (sulfide) groups is 1. The molecule has 0 aliphatic carbocycles. The summed E-state index contributed by atoms with van der Waals surface area (Å²) < 4.78 is 0. The second-order valence-corrected chi connectivity index (χ2v) is 3.96. The lowest BCUT2D eigenvalue weighted by molar-refractivity contribution is -0.136. The van der Waals surface area contributed by atoms with Crippen LogP contribution in [0.4, 0.5) is 5.95 Å². The topological polar surface area (TPSA) is 66.3 Å². The van der Waals surface area contributed by atoms with Gasteiger partial charge in [-0.05, 0) is 6.26 Å². The van der Waals surface area contributed by atoms with E-state index in [1.54, 1.807) is 11.1 Å². The number of aliphatic carboxylic acids is 1. The first-order chi connectivity index (χ1) is 7.04. The van der Waals surface area contributed by atoms with Gasteiger partial charge in [-0.25, -0.2) is 9.97 Å². The predicted octanol–water partition coefficient (Wildman–Crippen LogP) is 0.892. The minimum Gasteiger partial charge on any atom is -0.481 e. The molecule has 0 atom stereocenters. The average molecular weight is 227 g/mol. The molecular weight excluding hydrogens is 214 g/mol. The second kappa shape index (κ2) is 4.97. The van der Waals surface area contributed by atoms with E-state index < -0.39 is 5.97 Å². The van der Waals surface area contributed by atoms with Crippen LogP contribution in [-0.4, -0.2) is 41.4 Å². The smallest absolute Gasteiger partial charge is 0.307 e. The number of carbonyl (C=O) groups is 1. The predicted molar refractivity (Wildman–Crippen MR) is 59.5 cm³/mol. The van der Waals surface area contributed by atoms with Gasteiger partial charge in [-0.1, -0.05) is 0 Å². The molecule has 0 aromatic carbocycles. The van der Waals surface area contributed by atoms with Crippen LogP contribution in [0.2, 0.25) is 0 Å². The number of rotatable bonds is 4. The summed E-state index contributed by atoms with van der Waals surface area (Å²) in [4.78, 5) is 20.7. The van der Waals surface area contributed by atoms with Crippen LogP contribution in [0.5, 0.6) is 0 Å². The molecule has 1 heterocycles. The molecule has 1 aromatic rings. The zero-order chi connectivity index (χ0) is 11.4. The fourth-order valence-electron chi connectivity index (χ4n) is 1.06. The molecule has 1 N–H and O–H groups in total. The van der Waals surface area contributed by atoms with Gasteiger partial charge >= 0.3 is 5.97 Å². The summed E-state index contributed by atoms with van der Waals surface area (Å²) in [6.07, 6.45) is 3.40. The number of hydrogen-bond acceptors (Lipinski definition) is 5. The molecule has 82 valence electrons. The van der Waals surface area contributed by atoms with Crippen molar-refractivity contribution in [1.82, 2.24) is 9.97 Å². The number of hydrogen-bond donors (Lipinski definition) is 1. The Hall–Kier alpha value is -1.30. The second-order valence-electron chi connectivity index (χ2n) is 3.17. The van der Waals surface area contributed by atoms with E-state index in [4.69, 9.17) is 5.11 Å². The Morgan fingerprint density at radius 3 is 2.73 bits per heavy atom. The number of nitrogens with zero attached hydrogens (tertiary/aromatic N) is 3. The van der Waals surface area contributed by atoms with Gasteiger partial charge in [0.1, 0.15) is 5.03 Å². The van der Waals surface area contributed by atoms with Gasteiger partial charge in [-0.3, -0.25) is 4.79 Å². The van der Waals surface area contributed by atoms with Crippen LogP contribution >= 0.6 is 11.8 Å². The summed E-state index contributed by atoms with van der Waals surface area (Å²) in [7, 11) is 3.69. The zero-order valence-corrected chi connectivity index (χ0v) is 9.71. The number of carboxylic acid groups (broad SMARTS) is 1. The van der Waals surface area contributed by atoms with Gasteiger partial charge < -0.3 is 10.0 Å². The highest BCUT2D eigenvalue weighted by Crippen LogP contribution is 2.19. The van der Waals surface area contributed by atoms with Crippen molar-refractivity contribution in [2.24, 2.45) is 0 Å². The number of carboxylic acids is 1. The van der Waals surface area contributed by atoms with Crippen molar-refractivity contribution in [1.29, 1.82) is 0 Å². The van der Waals surface area contributed by atoms with Crippen LogP contribution < -0.4 is 4.90 Å². The third-order valence-corrected chi connectivity index (χ3v) is 2.49. The van der Waals surface area contributed by atoms with E-state index in [1.807, 2.05) is 20.4 Å². The largest absolute Gasteiger partial charge is 0.481 e. The molecule has 0 spiro atoms. The third kappa shape index (κ3) is 3.09. The Labute approximate surface area is 92.5 Å². The molecule has 0 unspecified atom stereocenters. The molecule has 0 fully saturated rings. The van der Waals surface area contributed by atoms with Crippen LogP contribution in [0.3, 0.4) is 0 Å². The monoisotopic (exact) mass is 227 g/mol. The van der Waals surface area contributed by atoms with Crippen LogP contribution in [-0.2, 0) is 11.2 Å². The van der Waals surface area contributed by atoms with Crippen LogP contribution in [0, 0.1) is 0 Å². The molecule has 1 rings (SSSR count). The molecule has 6 heteroatoms. The van der Waals surface area contributed by atoms with Crippen LogP contribution in [0.25, 0.3) is 0 Å². The summed E-state index contributed by atoms with van der Waals surface area (Å²) in [5.74, 6) is -0.278. The Balaban J connectivity index is 3.03. The van der Waals surface area contributed by atoms with Gasteiger partial charge in [-0.2, -0.15) is 0 Å². The van der Waals surface area contributed by atoms with Gasteiger partial charge in [0.15, 0.2) is 0 Å². The van der Waals surface area contributed by atoms with Gasteiger partial charge in [0.05, 0.1) is 6.42 Å². The molecule has 0 amide bonds. The first kappa shape index (κ1) is 11.8. The molecule has 0 radical (unpaired) electrons. The van der Waals surface area contributed by atoms with Crippen molar-refractivity contribution in [2.75, 3.05) is 25.3 Å². The highest BCUT2D eigenvalue weighted by atomic mass is 32.2. The molecule has 0 saturated carbocycles. The highest BCUT2D eigenvalue weighted by Gasteiger charge is 2.10. The maximum Gasteiger partial charge on any atom is 0.307 e. The Bertz CT molecular complexity index is 368. The molecule has 1 aromatic heterocycles. The van der Waals surface area contributed by atoms with Crippen molar-refractivity contribution in [3.8, 4) is 0 Å². The molecule has 0 bridgehead atoms. The van der Waals surface area contributed by atoms with E-state index in [0.717, 1.165) is 5.03 Å². The van der Waals surface area contributed by atoms with Crippen molar-refractivity contribution >= 4 is 23.7 Å². The summed E-state index contributed by atoms with van der Waals surface area (Å²) >= 11 is 1.43. The van der Waals surface area contributed by atoms with E-state index in [-0.39, 0.29) is 6.42 Å². The molecular formula is C9H13N3O2S. The van der Waals surface area contributed by atoms with Crippen molar-refractivity contribution in [3.05, 3.63) is 11.8 Å². The molecule has 5 nitrogen and oxygen atoms in total. The van der Waals surface area contributed by atoms with E-state index >= 15 is 0 Å². The summed E-state index contributed by atoms with van der Waals surface area (Å²) in [5, 5.41) is 9.41. The lowest BCUT2D eigenvalue weighted by atomic mass is 10.2. The molecule has 0 saturated heterocycles. The van der Waals surface area contributed by atoms with Crippen LogP contribution in [0.1, 0.15) is 5.56 Å². The highest BCUT2D eigenvalue weighted by molar-refractivity contribution is 7.98. The Morgan fingerprint density at radius 2 is 2.27 bits per heavy atom. The third-order valence-electron chi connectivity index (χ3n) is 1.75. The normalized spacial score (nSPS) is 10.1. The standard InChI is InChI=1S/C9H13N3O2S/c1-12(2)9-10-5-6(4-7(13)14)8(11-9)15-3/h5H,4H2,1-3H3,(H,13,14). The van der Waals surface area contributed by atoms with Gasteiger partial charge in [-0.15, -0.1) is 11.8 Å². The number of aromatic nitrogens is 2. The molecule has 0 aliphatic rings. The first-order valence-corrected chi connectivity index (χ1v) is 5.56. The number of anilines is 1. The zero-order valence-electron chi connectivity index (χ0n) is 8.89. The Morgan fingerprint density at radius 1 is 1.60 bits per heavy atom. The maximum absolute atomic E-state index is 10.6. The molecule has 15 heavy (non-hydrogen) atoms. The van der Waals surface area contributed by atoms with E-state index in [1.165, 1.54) is 11.8 Å². The van der Waals surface area contributed by atoms with Crippen molar-refractivity contribution < 1.29 is 9.90 Å². The van der Waals surface area contributed by atoms with Gasteiger partial charge in [0, 0.05) is 25.9 Å². The fraction of sp³-hybridized carbons (Fsp3) is 0.444. The average Bonchev–Trinajstić information content (AvgIpc) is 2.17. The van der Waals surface area contributed by atoms with E-state index in [9.17, 15) is 4.79 Å². The lowest BCUT2D eigenvalue weighted by Crippen LogP contribution is -2.14. The summed E-state index contributed by atoms with van der Waals surface area (Å²) in [5.41, 5.74) is 0.653. The molecule has 0 aliphatic heterocycles. The minimum absolute atomic E-state index is 0.0378. The van der Waals surface area contributed by atoms with Crippen molar-refractivity contribution in [2.45, 2.75) is 11.4 Å². The van der Waals surface area contributed by atoms with Crippen molar-refractivity contribution in [3.63, 3.8) is 0 Å².